The van der Waals surface area contributed by atoms with Crippen LogP contribution in [0.15, 0.2) is 36.9 Å². The molecule has 0 N–H and O–H groups in total. The molecule has 0 radical (unpaired) electrons. The molecule has 4 rings (SSSR count). The number of hydrogen-bond donors (Lipinski definition) is 0. The highest BCUT2D eigenvalue weighted by Gasteiger charge is 2.41. The highest BCUT2D eigenvalue weighted by atomic mass is 16.2. The van der Waals surface area contributed by atoms with Crippen LogP contribution in [0.1, 0.15) is 30.7 Å². The van der Waals surface area contributed by atoms with Gasteiger partial charge in [0, 0.05) is 51.5 Å². The highest BCUT2D eigenvalue weighted by Crippen LogP contribution is 2.40. The van der Waals surface area contributed by atoms with Crippen LogP contribution < -0.4 is 0 Å². The van der Waals surface area contributed by atoms with Crippen molar-refractivity contribution in [1.29, 1.82) is 0 Å². The molecule has 0 unspecified atom stereocenters. The van der Waals surface area contributed by atoms with Crippen molar-refractivity contribution in [2.75, 3.05) is 26.2 Å². The number of hydrogen-bond acceptors (Lipinski definition) is 4. The topological polar surface area (TPSA) is 54.3 Å². The molecule has 2 aliphatic heterocycles. The summed E-state index contributed by atoms with van der Waals surface area (Å²) in [6.07, 6.45) is 11.3. The summed E-state index contributed by atoms with van der Waals surface area (Å²) in [6, 6.07) is 3.87. The Morgan fingerprint density at radius 3 is 2.69 bits per heavy atom. The average Bonchev–Trinajstić information content (AvgIpc) is 3.23. The Morgan fingerprint density at radius 2 is 2.00 bits per heavy atom. The predicted molar refractivity (Wildman–Crippen MR) is 99.3 cm³/mol. The first-order valence-electron chi connectivity index (χ1n) is 9.49. The zero-order chi connectivity index (χ0) is 18.0. The third-order valence-electron chi connectivity index (χ3n) is 6.06. The van der Waals surface area contributed by atoms with Gasteiger partial charge in [0.2, 0.25) is 5.91 Å². The fraction of sp³-hybridized carbons (Fsp3) is 0.550. The third-order valence-corrected chi connectivity index (χ3v) is 6.06. The summed E-state index contributed by atoms with van der Waals surface area (Å²) in [5.41, 5.74) is 1.39. The number of pyridine rings is 1. The van der Waals surface area contributed by atoms with Gasteiger partial charge in [-0.15, -0.1) is 0 Å². The van der Waals surface area contributed by atoms with Crippen molar-refractivity contribution in [3.63, 3.8) is 0 Å². The van der Waals surface area contributed by atoms with Crippen LogP contribution in [0.4, 0.5) is 0 Å². The van der Waals surface area contributed by atoms with Crippen LogP contribution in [-0.2, 0) is 24.8 Å². The molecule has 2 aromatic heterocycles. The lowest BCUT2D eigenvalue weighted by molar-refractivity contribution is -0.132. The highest BCUT2D eigenvalue weighted by molar-refractivity contribution is 5.78. The fourth-order valence-electron chi connectivity index (χ4n) is 4.34. The Kier molecular flexibility index (Phi) is 4.76. The number of carbonyl (C=O) groups is 1. The van der Waals surface area contributed by atoms with E-state index in [9.17, 15) is 4.79 Å². The van der Waals surface area contributed by atoms with Gasteiger partial charge >= 0.3 is 0 Å². The van der Waals surface area contributed by atoms with Crippen LogP contribution in [0, 0.1) is 5.41 Å². The van der Waals surface area contributed by atoms with Crippen molar-refractivity contribution in [1.82, 2.24) is 24.3 Å². The van der Waals surface area contributed by atoms with Gasteiger partial charge in [0.05, 0.1) is 13.0 Å². The molecule has 26 heavy (non-hydrogen) atoms. The van der Waals surface area contributed by atoms with Crippen molar-refractivity contribution in [2.24, 2.45) is 12.5 Å². The maximum atomic E-state index is 12.6. The van der Waals surface area contributed by atoms with E-state index in [1.165, 1.54) is 6.42 Å². The second-order valence-electron chi connectivity index (χ2n) is 7.83. The molecule has 138 valence electrons. The molecule has 4 heterocycles. The zero-order valence-corrected chi connectivity index (χ0v) is 15.5. The van der Waals surface area contributed by atoms with Crippen LogP contribution in [0.5, 0.6) is 0 Å². The van der Waals surface area contributed by atoms with Crippen LogP contribution >= 0.6 is 0 Å². The van der Waals surface area contributed by atoms with Gasteiger partial charge in [-0.3, -0.25) is 14.7 Å². The van der Waals surface area contributed by atoms with E-state index in [2.05, 4.69) is 26.5 Å². The molecule has 2 saturated heterocycles. The lowest BCUT2D eigenvalue weighted by Crippen LogP contribution is -2.44. The van der Waals surface area contributed by atoms with Crippen LogP contribution in [0.2, 0.25) is 0 Å². The second kappa shape index (κ2) is 7.19. The molecule has 2 fully saturated rings. The predicted octanol–water partition coefficient (Wildman–Crippen LogP) is 1.87. The maximum absolute atomic E-state index is 12.6. The van der Waals surface area contributed by atoms with E-state index in [0.29, 0.717) is 11.8 Å². The molecule has 0 atom stereocenters. The lowest BCUT2D eigenvalue weighted by atomic mass is 9.77. The fourth-order valence-corrected chi connectivity index (χ4v) is 4.34. The summed E-state index contributed by atoms with van der Waals surface area (Å²) in [7, 11) is 2.06. The summed E-state index contributed by atoms with van der Waals surface area (Å²) in [4.78, 5) is 25.7. The number of imidazole rings is 1. The minimum absolute atomic E-state index is 0.232. The minimum Gasteiger partial charge on any atom is -0.342 e. The van der Waals surface area contributed by atoms with Crippen molar-refractivity contribution in [2.45, 2.75) is 32.2 Å². The molecule has 2 aromatic rings. The van der Waals surface area contributed by atoms with Crippen molar-refractivity contribution in [3.05, 3.63) is 48.3 Å². The van der Waals surface area contributed by atoms with Crippen LogP contribution in [0.3, 0.4) is 0 Å². The van der Waals surface area contributed by atoms with Gasteiger partial charge in [-0.1, -0.05) is 6.07 Å². The quantitative estimate of drug-likeness (QED) is 0.842. The lowest BCUT2D eigenvalue weighted by Gasteiger charge is -2.39. The smallest absolute Gasteiger partial charge is 0.227 e. The summed E-state index contributed by atoms with van der Waals surface area (Å²) in [6.45, 7) is 4.96. The monoisotopic (exact) mass is 353 g/mol. The summed E-state index contributed by atoms with van der Waals surface area (Å²) in [5, 5.41) is 0. The van der Waals surface area contributed by atoms with Crippen LogP contribution in [0.25, 0.3) is 0 Å². The summed E-state index contributed by atoms with van der Waals surface area (Å²) in [5.74, 6) is 1.36. The number of amides is 1. The molecule has 6 heteroatoms. The Labute approximate surface area is 154 Å². The van der Waals surface area contributed by atoms with E-state index >= 15 is 0 Å². The number of aryl methyl sites for hydroxylation is 1. The molecular formula is C20H27N5O. The molecule has 0 bridgehead atoms. The summed E-state index contributed by atoms with van der Waals surface area (Å²) < 4.78 is 2.10. The van der Waals surface area contributed by atoms with E-state index in [4.69, 9.17) is 0 Å². The van der Waals surface area contributed by atoms with Gasteiger partial charge in [-0.2, -0.15) is 0 Å². The maximum Gasteiger partial charge on any atom is 0.227 e. The number of carbonyl (C=O) groups excluding carboxylic acids is 1. The number of likely N-dealkylation sites (tertiary alicyclic amines) is 2. The number of rotatable bonds is 4. The molecule has 2 aliphatic rings. The molecular weight excluding hydrogens is 326 g/mol. The zero-order valence-electron chi connectivity index (χ0n) is 15.5. The van der Waals surface area contributed by atoms with Gasteiger partial charge in [0.15, 0.2) is 0 Å². The van der Waals surface area contributed by atoms with Gasteiger partial charge in [-0.05, 0) is 42.9 Å². The molecule has 1 spiro atoms. The largest absolute Gasteiger partial charge is 0.342 e. The minimum atomic E-state index is 0.232. The normalized spacial score (nSPS) is 20.0. The first-order valence-corrected chi connectivity index (χ1v) is 9.49. The third kappa shape index (κ3) is 3.65. The number of aromatic nitrogens is 3. The Balaban J connectivity index is 1.29. The van der Waals surface area contributed by atoms with Gasteiger partial charge < -0.3 is 9.47 Å². The molecule has 0 aromatic carbocycles. The Morgan fingerprint density at radius 1 is 1.19 bits per heavy atom. The van der Waals surface area contributed by atoms with Crippen molar-refractivity contribution in [3.8, 4) is 0 Å². The van der Waals surface area contributed by atoms with Crippen LogP contribution in [-0.4, -0.2) is 56.4 Å². The SMILES string of the molecule is Cn1ccnc1CN1CCC2(CCN(C(=O)Cc3cccnc3)CC2)C1. The van der Waals surface area contributed by atoms with E-state index in [-0.39, 0.29) is 5.91 Å². The van der Waals surface area contributed by atoms with E-state index in [1.807, 2.05) is 29.4 Å². The van der Waals surface area contributed by atoms with E-state index in [1.54, 1.807) is 12.4 Å². The summed E-state index contributed by atoms with van der Waals surface area (Å²) >= 11 is 0. The Hall–Kier alpha value is -2.21. The van der Waals surface area contributed by atoms with E-state index < -0.39 is 0 Å². The average molecular weight is 353 g/mol. The molecule has 0 saturated carbocycles. The Bertz CT molecular complexity index is 749. The van der Waals surface area contributed by atoms with Crippen molar-refractivity contribution < 1.29 is 4.79 Å². The standard InChI is InChI=1S/C20H27N5O/c1-23-12-8-22-18(23)15-24-9-4-20(16-24)5-10-25(11-6-20)19(26)13-17-3-2-7-21-14-17/h2-3,7-8,12,14H,4-6,9-11,13,15-16H2,1H3. The van der Waals surface area contributed by atoms with Gasteiger partial charge in [-0.25, -0.2) is 4.98 Å². The first-order chi connectivity index (χ1) is 12.6. The second-order valence-corrected chi connectivity index (χ2v) is 7.83. The molecule has 0 aliphatic carbocycles. The molecule has 6 nitrogen and oxygen atoms in total. The van der Waals surface area contributed by atoms with E-state index in [0.717, 1.165) is 57.0 Å². The number of nitrogens with zero attached hydrogens (tertiary/aromatic N) is 5. The van der Waals surface area contributed by atoms with Crippen molar-refractivity contribution >= 4 is 5.91 Å². The van der Waals surface area contributed by atoms with Gasteiger partial charge in [0.25, 0.3) is 0 Å². The van der Waals surface area contributed by atoms with Gasteiger partial charge in [0.1, 0.15) is 5.82 Å². The first kappa shape index (κ1) is 17.2. The molecule has 1 amide bonds. The number of piperidine rings is 1.